The van der Waals surface area contributed by atoms with E-state index in [1.54, 1.807) is 12.1 Å². The Kier molecular flexibility index (Phi) is 5.37. The van der Waals surface area contributed by atoms with Crippen molar-refractivity contribution in [3.8, 4) is 5.75 Å². The van der Waals surface area contributed by atoms with Crippen molar-refractivity contribution in [1.29, 1.82) is 0 Å². The Balaban J connectivity index is 1.73. The lowest BCUT2D eigenvalue weighted by Gasteiger charge is -2.45. The number of benzene rings is 1. The number of nitrogens with zero attached hydrogens (tertiary/aromatic N) is 2. The normalized spacial score (nSPS) is 25.9. The Hall–Kier alpha value is -1.89. The van der Waals surface area contributed by atoms with Crippen LogP contribution in [0.2, 0.25) is 5.02 Å². The van der Waals surface area contributed by atoms with Crippen LogP contribution in [0.25, 0.3) is 0 Å². The maximum Gasteiger partial charge on any atom is 0.415 e. The van der Waals surface area contributed by atoms with Gasteiger partial charge in [0.1, 0.15) is 5.75 Å². The summed E-state index contributed by atoms with van der Waals surface area (Å²) in [6.45, 7) is 1.19. The number of amides is 2. The number of hydrogen-bond donors (Lipinski definition) is 0. The first-order valence-corrected chi connectivity index (χ1v) is 9.04. The largest absolute Gasteiger partial charge is 0.415 e. The highest BCUT2D eigenvalue weighted by atomic mass is 35.5. The minimum Gasteiger partial charge on any atom is -0.410 e. The monoisotopic (exact) mass is 386 g/mol. The summed E-state index contributed by atoms with van der Waals surface area (Å²) in [6.07, 6.45) is 0.620. The average molecular weight is 387 g/mol. The molecule has 0 bridgehead atoms. The van der Waals surface area contributed by atoms with Gasteiger partial charge in [0.05, 0.1) is 12.6 Å². The minimum atomic E-state index is -3.07. The fraction of sp³-hybridized carbons (Fsp3) is 0.556. The summed E-state index contributed by atoms with van der Waals surface area (Å²) < 4.78 is 33.7. The predicted octanol–water partition coefficient (Wildman–Crippen LogP) is 3.95. The number of ether oxygens (including phenoxy) is 1. The lowest BCUT2D eigenvalue weighted by molar-refractivity contribution is -0.146. The second kappa shape index (κ2) is 7.39. The Morgan fingerprint density at radius 1 is 1.31 bits per heavy atom. The van der Waals surface area contributed by atoms with Gasteiger partial charge in [-0.15, -0.1) is 0 Å². The summed E-state index contributed by atoms with van der Waals surface area (Å²) in [5, 5.41) is 0.479. The van der Waals surface area contributed by atoms with E-state index in [0.29, 0.717) is 11.4 Å². The standard InChI is InChI=1S/C18H21ClF2N2O3/c1-12-3-2-4-16(24)23(12)14-9-18(20,21)11-22(10-14)17(25)26-15-7-5-13(19)6-8-15/h5-8,12,14H,2-4,9-11H2,1H3/t12?,14-/m1/s1. The van der Waals surface area contributed by atoms with Crippen molar-refractivity contribution in [2.75, 3.05) is 13.1 Å². The molecule has 1 unspecified atom stereocenters. The number of alkyl halides is 2. The van der Waals surface area contributed by atoms with Crippen LogP contribution >= 0.6 is 11.6 Å². The summed E-state index contributed by atoms with van der Waals surface area (Å²) in [5.41, 5.74) is 0. The molecule has 0 aliphatic carbocycles. The highest BCUT2D eigenvalue weighted by Gasteiger charge is 2.46. The molecule has 1 aromatic carbocycles. The third kappa shape index (κ3) is 4.26. The van der Waals surface area contributed by atoms with Gasteiger partial charge < -0.3 is 9.64 Å². The molecule has 142 valence electrons. The fourth-order valence-corrected chi connectivity index (χ4v) is 3.82. The number of carbonyl (C=O) groups excluding carboxylic acids is 2. The molecule has 2 aliphatic rings. The van der Waals surface area contributed by atoms with E-state index in [9.17, 15) is 18.4 Å². The van der Waals surface area contributed by atoms with Gasteiger partial charge >= 0.3 is 6.09 Å². The Labute approximate surface area is 155 Å². The van der Waals surface area contributed by atoms with Crippen LogP contribution in [-0.2, 0) is 4.79 Å². The molecule has 3 rings (SSSR count). The van der Waals surface area contributed by atoms with Crippen molar-refractivity contribution < 1.29 is 23.1 Å². The lowest BCUT2D eigenvalue weighted by atomic mass is 9.94. The molecule has 2 saturated heterocycles. The number of rotatable bonds is 2. The zero-order valence-electron chi connectivity index (χ0n) is 14.5. The van der Waals surface area contributed by atoms with Crippen LogP contribution in [0.1, 0.15) is 32.6 Å². The average Bonchev–Trinajstić information content (AvgIpc) is 2.55. The molecule has 2 aliphatic heterocycles. The summed E-state index contributed by atoms with van der Waals surface area (Å²) in [4.78, 5) is 27.1. The highest BCUT2D eigenvalue weighted by Crippen LogP contribution is 2.33. The maximum atomic E-state index is 14.3. The van der Waals surface area contributed by atoms with Crippen LogP contribution in [-0.4, -0.2) is 52.9 Å². The number of hydrogen-bond acceptors (Lipinski definition) is 3. The second-order valence-corrected chi connectivity index (χ2v) is 7.40. The predicted molar refractivity (Wildman–Crippen MR) is 92.6 cm³/mol. The first-order chi connectivity index (χ1) is 12.2. The summed E-state index contributed by atoms with van der Waals surface area (Å²) in [6, 6.07) is 5.27. The van der Waals surface area contributed by atoms with E-state index in [0.717, 1.165) is 17.7 Å². The SMILES string of the molecule is CC1CCCC(=O)N1[C@H]1CN(C(=O)Oc2ccc(Cl)cc2)CC(F)(F)C1. The van der Waals surface area contributed by atoms with Gasteiger partial charge in [-0.05, 0) is 44.0 Å². The summed E-state index contributed by atoms with van der Waals surface area (Å²) in [7, 11) is 0. The first-order valence-electron chi connectivity index (χ1n) is 8.66. The molecular weight excluding hydrogens is 366 g/mol. The molecule has 1 aromatic rings. The minimum absolute atomic E-state index is 0.0398. The van der Waals surface area contributed by atoms with E-state index < -0.39 is 31.0 Å². The van der Waals surface area contributed by atoms with Gasteiger partial charge in [0.15, 0.2) is 0 Å². The maximum absolute atomic E-state index is 14.3. The summed E-state index contributed by atoms with van der Waals surface area (Å²) >= 11 is 5.78. The van der Waals surface area contributed by atoms with E-state index in [-0.39, 0.29) is 24.2 Å². The van der Waals surface area contributed by atoms with Crippen LogP contribution in [0, 0.1) is 0 Å². The zero-order valence-corrected chi connectivity index (χ0v) is 15.2. The van der Waals surface area contributed by atoms with Crippen molar-refractivity contribution in [1.82, 2.24) is 9.80 Å². The third-order valence-corrected chi connectivity index (χ3v) is 5.09. The topological polar surface area (TPSA) is 49.9 Å². The molecule has 2 heterocycles. The first kappa shape index (κ1) is 18.9. The van der Waals surface area contributed by atoms with Crippen molar-refractivity contribution >= 4 is 23.6 Å². The van der Waals surface area contributed by atoms with Gasteiger partial charge in [-0.1, -0.05) is 11.6 Å². The van der Waals surface area contributed by atoms with E-state index in [1.807, 2.05) is 6.92 Å². The zero-order chi connectivity index (χ0) is 18.9. The van der Waals surface area contributed by atoms with Crippen LogP contribution in [0.4, 0.5) is 13.6 Å². The molecule has 0 aromatic heterocycles. The number of carbonyl (C=O) groups is 2. The number of piperidine rings is 2. The second-order valence-electron chi connectivity index (χ2n) is 6.96. The Morgan fingerprint density at radius 3 is 2.65 bits per heavy atom. The van der Waals surface area contributed by atoms with Crippen LogP contribution in [0.3, 0.4) is 0 Å². The molecule has 0 radical (unpaired) electrons. The lowest BCUT2D eigenvalue weighted by Crippen LogP contribution is -2.60. The molecule has 26 heavy (non-hydrogen) atoms. The van der Waals surface area contributed by atoms with Gasteiger partial charge in [0, 0.05) is 30.5 Å². The van der Waals surface area contributed by atoms with Gasteiger partial charge in [-0.3, -0.25) is 9.69 Å². The quantitative estimate of drug-likeness (QED) is 0.773. The van der Waals surface area contributed by atoms with Gasteiger partial charge in [0.25, 0.3) is 5.92 Å². The molecule has 2 fully saturated rings. The van der Waals surface area contributed by atoms with E-state index in [1.165, 1.54) is 17.0 Å². The van der Waals surface area contributed by atoms with Gasteiger partial charge in [-0.25, -0.2) is 13.6 Å². The highest BCUT2D eigenvalue weighted by molar-refractivity contribution is 6.30. The van der Waals surface area contributed by atoms with Crippen molar-refractivity contribution in [2.45, 2.75) is 50.6 Å². The van der Waals surface area contributed by atoms with Crippen LogP contribution in [0.15, 0.2) is 24.3 Å². The van der Waals surface area contributed by atoms with Crippen LogP contribution in [0.5, 0.6) is 5.75 Å². The van der Waals surface area contributed by atoms with E-state index >= 15 is 0 Å². The molecule has 0 N–H and O–H groups in total. The number of halogens is 3. The third-order valence-electron chi connectivity index (χ3n) is 4.83. The molecule has 5 nitrogen and oxygen atoms in total. The van der Waals surface area contributed by atoms with E-state index in [2.05, 4.69) is 0 Å². The molecule has 0 saturated carbocycles. The van der Waals surface area contributed by atoms with Crippen molar-refractivity contribution in [2.24, 2.45) is 0 Å². The van der Waals surface area contributed by atoms with Crippen molar-refractivity contribution in [3.63, 3.8) is 0 Å². The van der Waals surface area contributed by atoms with Gasteiger partial charge in [-0.2, -0.15) is 0 Å². The summed E-state index contributed by atoms with van der Waals surface area (Å²) in [5.74, 6) is -2.97. The molecule has 2 amide bonds. The van der Waals surface area contributed by atoms with Gasteiger partial charge in [0.2, 0.25) is 5.91 Å². The molecule has 2 atom stereocenters. The molecular formula is C18H21ClF2N2O3. The Morgan fingerprint density at radius 2 is 2.00 bits per heavy atom. The fourth-order valence-electron chi connectivity index (χ4n) is 3.69. The molecule has 0 spiro atoms. The Bertz CT molecular complexity index is 684. The molecule has 8 heteroatoms. The number of likely N-dealkylation sites (tertiary alicyclic amines) is 2. The van der Waals surface area contributed by atoms with Crippen molar-refractivity contribution in [3.05, 3.63) is 29.3 Å². The van der Waals surface area contributed by atoms with E-state index in [4.69, 9.17) is 16.3 Å². The van der Waals surface area contributed by atoms with Crippen LogP contribution < -0.4 is 4.74 Å². The smallest absolute Gasteiger partial charge is 0.410 e.